The van der Waals surface area contributed by atoms with Gasteiger partial charge in [0.05, 0.1) is 11.5 Å². The van der Waals surface area contributed by atoms with E-state index in [-0.39, 0.29) is 4.90 Å². The lowest BCUT2D eigenvalue weighted by Crippen LogP contribution is -2.61. The molecule has 0 N–H and O–H groups in total. The average molecular weight is 462 g/mol. The van der Waals surface area contributed by atoms with Crippen molar-refractivity contribution in [2.24, 2.45) is 0 Å². The predicted octanol–water partition coefficient (Wildman–Crippen LogP) is 1.19. The van der Waals surface area contributed by atoms with Gasteiger partial charge in [0, 0.05) is 20.8 Å². The van der Waals surface area contributed by atoms with Crippen LogP contribution in [0.3, 0.4) is 0 Å². The van der Waals surface area contributed by atoms with Crippen LogP contribution >= 0.6 is 0 Å². The topological polar surface area (TPSA) is 132 Å². The zero-order valence-electron chi connectivity index (χ0n) is 17.3. The van der Waals surface area contributed by atoms with Gasteiger partial charge in [-0.15, -0.1) is 0 Å². The van der Waals surface area contributed by atoms with Crippen LogP contribution in [0.2, 0.25) is 0 Å². The maximum absolute atomic E-state index is 14.6. The van der Waals surface area contributed by atoms with Crippen molar-refractivity contribution in [3.63, 3.8) is 0 Å². The van der Waals surface area contributed by atoms with E-state index in [0.29, 0.717) is 0 Å². The van der Waals surface area contributed by atoms with Gasteiger partial charge in [0.25, 0.3) is 10.1 Å². The minimum Gasteiger partial charge on any atom is -0.456 e. The Morgan fingerprint density at radius 1 is 0.903 bits per heavy atom. The van der Waals surface area contributed by atoms with E-state index in [9.17, 15) is 27.2 Å². The molecule has 1 heterocycles. The van der Waals surface area contributed by atoms with Crippen molar-refractivity contribution in [2.75, 3.05) is 6.61 Å². The third-order valence-corrected chi connectivity index (χ3v) is 5.48. The summed E-state index contributed by atoms with van der Waals surface area (Å²) < 4.78 is 64.5. The number of aryl methyl sites for hydroxylation is 1. The van der Waals surface area contributed by atoms with Gasteiger partial charge in [0.1, 0.15) is 6.10 Å². The minimum absolute atomic E-state index is 0.149. The predicted molar refractivity (Wildman–Crippen MR) is 101 cm³/mol. The smallest absolute Gasteiger partial charge is 0.303 e. The Balaban J connectivity index is 2.29. The van der Waals surface area contributed by atoms with Gasteiger partial charge >= 0.3 is 17.9 Å². The quantitative estimate of drug-likeness (QED) is 0.331. The molecule has 0 amide bonds. The lowest BCUT2D eigenvalue weighted by Gasteiger charge is -2.41. The van der Waals surface area contributed by atoms with Gasteiger partial charge in [-0.25, -0.2) is 4.39 Å². The maximum atomic E-state index is 14.6. The highest BCUT2D eigenvalue weighted by Gasteiger charge is 2.52. The van der Waals surface area contributed by atoms with Crippen molar-refractivity contribution in [2.45, 2.75) is 63.4 Å². The molecule has 0 saturated carbocycles. The molecule has 1 aliphatic rings. The standard InChI is InChI=1S/C19H23FO10S/c1-10-5-7-14(8-6-10)31(24,25)26-9-15-16(27-11(2)21)17(28-12(3)22)18(19(20)30-15)29-13(4)23/h5-8,15-19H,9H2,1-4H3/t15-,16+,17+,18-,19+/m1/s1. The van der Waals surface area contributed by atoms with Crippen LogP contribution in [0.25, 0.3) is 0 Å². The molecular formula is C19H23FO10S. The summed E-state index contributed by atoms with van der Waals surface area (Å²) in [5.41, 5.74) is 0.825. The highest BCUT2D eigenvalue weighted by atomic mass is 32.2. The first-order valence-electron chi connectivity index (χ1n) is 9.18. The summed E-state index contributed by atoms with van der Waals surface area (Å²) >= 11 is 0. The average Bonchev–Trinajstić information content (AvgIpc) is 2.65. The molecule has 172 valence electrons. The largest absolute Gasteiger partial charge is 0.456 e. The van der Waals surface area contributed by atoms with E-state index in [0.717, 1.165) is 26.3 Å². The Hall–Kier alpha value is -2.57. The summed E-state index contributed by atoms with van der Waals surface area (Å²) in [5, 5.41) is 0. The molecule has 0 aliphatic carbocycles. The monoisotopic (exact) mass is 462 g/mol. The highest BCUT2D eigenvalue weighted by Crippen LogP contribution is 2.30. The van der Waals surface area contributed by atoms with Crippen LogP contribution in [-0.2, 0) is 47.6 Å². The van der Waals surface area contributed by atoms with Crippen LogP contribution in [0, 0.1) is 6.92 Å². The Morgan fingerprint density at radius 2 is 1.39 bits per heavy atom. The molecule has 1 saturated heterocycles. The fourth-order valence-corrected chi connectivity index (χ4v) is 3.82. The van der Waals surface area contributed by atoms with Gasteiger partial charge in [-0.1, -0.05) is 17.7 Å². The van der Waals surface area contributed by atoms with E-state index in [1.807, 2.05) is 0 Å². The van der Waals surface area contributed by atoms with Crippen LogP contribution in [-0.4, -0.2) is 63.7 Å². The van der Waals surface area contributed by atoms with E-state index in [4.69, 9.17) is 23.1 Å². The number of carbonyl (C=O) groups is 3. The summed E-state index contributed by atoms with van der Waals surface area (Å²) in [5.74, 6) is -2.62. The lowest BCUT2D eigenvalue weighted by molar-refractivity contribution is -0.275. The molecule has 1 aromatic rings. The molecule has 0 radical (unpaired) electrons. The van der Waals surface area contributed by atoms with Crippen LogP contribution in [0.5, 0.6) is 0 Å². The molecule has 0 spiro atoms. The third kappa shape index (κ3) is 6.71. The number of esters is 3. The first-order chi connectivity index (χ1) is 14.4. The van der Waals surface area contributed by atoms with Gasteiger partial charge in [-0.3, -0.25) is 18.6 Å². The van der Waals surface area contributed by atoms with Crippen LogP contribution < -0.4 is 0 Å². The Morgan fingerprint density at radius 3 is 1.90 bits per heavy atom. The minimum atomic E-state index is -4.25. The number of carbonyl (C=O) groups excluding carboxylic acids is 3. The zero-order valence-corrected chi connectivity index (χ0v) is 18.1. The summed E-state index contributed by atoms with van der Waals surface area (Å²) in [6.45, 7) is 4.06. The summed E-state index contributed by atoms with van der Waals surface area (Å²) in [6, 6.07) is 5.78. The van der Waals surface area contributed by atoms with Gasteiger partial charge < -0.3 is 18.9 Å². The molecule has 0 bridgehead atoms. The first-order valence-corrected chi connectivity index (χ1v) is 10.6. The molecule has 1 aromatic carbocycles. The van der Waals surface area contributed by atoms with Gasteiger partial charge in [0.15, 0.2) is 18.3 Å². The second kappa shape index (κ2) is 10.2. The fourth-order valence-electron chi connectivity index (χ4n) is 2.91. The molecule has 0 aromatic heterocycles. The summed E-state index contributed by atoms with van der Waals surface area (Å²) in [6.07, 6.45) is -8.64. The van der Waals surface area contributed by atoms with Crippen molar-refractivity contribution in [3.05, 3.63) is 29.8 Å². The van der Waals surface area contributed by atoms with E-state index < -0.39 is 65.4 Å². The zero-order chi connectivity index (χ0) is 23.3. The molecule has 10 nitrogen and oxygen atoms in total. The molecule has 0 unspecified atom stereocenters. The van der Waals surface area contributed by atoms with Crippen molar-refractivity contribution in [3.8, 4) is 0 Å². The van der Waals surface area contributed by atoms with Crippen molar-refractivity contribution >= 4 is 28.0 Å². The third-order valence-electron chi connectivity index (χ3n) is 4.18. The highest BCUT2D eigenvalue weighted by molar-refractivity contribution is 7.86. The Labute approximate surface area is 178 Å². The second-order valence-electron chi connectivity index (χ2n) is 6.80. The number of hydrogen-bond acceptors (Lipinski definition) is 10. The molecule has 1 fully saturated rings. The van der Waals surface area contributed by atoms with E-state index in [1.54, 1.807) is 19.1 Å². The SMILES string of the molecule is CC(=O)O[C@@H]1[C@@H](OC(C)=O)[C@@H](F)O[C@H](COS(=O)(=O)c2ccc(C)cc2)[C@@H]1OC(C)=O. The van der Waals surface area contributed by atoms with Crippen LogP contribution in [0.4, 0.5) is 4.39 Å². The van der Waals surface area contributed by atoms with Crippen molar-refractivity contribution < 1.29 is 50.3 Å². The van der Waals surface area contributed by atoms with Crippen molar-refractivity contribution in [1.29, 1.82) is 0 Å². The molecule has 1 aliphatic heterocycles. The van der Waals surface area contributed by atoms with Gasteiger partial charge in [-0.05, 0) is 19.1 Å². The Kier molecular flexibility index (Phi) is 8.09. The molecule has 2 rings (SSSR count). The van der Waals surface area contributed by atoms with Crippen LogP contribution in [0.15, 0.2) is 29.2 Å². The normalized spacial score (nSPS) is 26.0. The molecule has 5 atom stereocenters. The number of alkyl halides is 1. The lowest BCUT2D eigenvalue weighted by atomic mass is 9.99. The number of halogens is 1. The number of ether oxygens (including phenoxy) is 4. The molecule has 12 heteroatoms. The molecular weight excluding hydrogens is 439 g/mol. The van der Waals surface area contributed by atoms with Gasteiger partial charge in [-0.2, -0.15) is 8.42 Å². The Bertz CT molecular complexity index is 914. The van der Waals surface area contributed by atoms with E-state index in [1.165, 1.54) is 12.1 Å². The van der Waals surface area contributed by atoms with Crippen LogP contribution in [0.1, 0.15) is 26.3 Å². The van der Waals surface area contributed by atoms with E-state index in [2.05, 4.69) is 0 Å². The fraction of sp³-hybridized carbons (Fsp3) is 0.526. The molecule has 31 heavy (non-hydrogen) atoms. The number of hydrogen-bond donors (Lipinski definition) is 0. The summed E-state index contributed by atoms with van der Waals surface area (Å²) in [7, 11) is -4.25. The number of rotatable bonds is 7. The number of benzene rings is 1. The second-order valence-corrected chi connectivity index (χ2v) is 8.41. The van der Waals surface area contributed by atoms with Gasteiger partial charge in [0.2, 0.25) is 6.36 Å². The van der Waals surface area contributed by atoms with E-state index >= 15 is 0 Å². The first kappa shape index (κ1) is 24.7. The summed E-state index contributed by atoms with van der Waals surface area (Å²) in [4.78, 5) is 34.3. The van der Waals surface area contributed by atoms with Crippen molar-refractivity contribution in [1.82, 2.24) is 0 Å². The maximum Gasteiger partial charge on any atom is 0.303 e.